The number of ether oxygens (including phenoxy) is 1. The van der Waals surface area contributed by atoms with E-state index in [1.54, 1.807) is 25.2 Å². The van der Waals surface area contributed by atoms with Gasteiger partial charge in [-0.25, -0.2) is 0 Å². The normalized spacial score (nSPS) is 18.3. The average Bonchev–Trinajstić information content (AvgIpc) is 3.12. The van der Waals surface area contributed by atoms with Crippen molar-refractivity contribution < 1.29 is 23.0 Å². The van der Waals surface area contributed by atoms with Crippen molar-refractivity contribution in [1.82, 2.24) is 25.1 Å². The summed E-state index contributed by atoms with van der Waals surface area (Å²) in [4.78, 5) is 3.41. The molecule has 1 saturated heterocycles. The Morgan fingerprint density at radius 2 is 1.71 bits per heavy atom. The van der Waals surface area contributed by atoms with Crippen LogP contribution in [0.3, 0.4) is 0 Å². The zero-order valence-electron chi connectivity index (χ0n) is 17.3. The Hall–Kier alpha value is -2.98. The molecule has 2 aromatic carbocycles. The number of aryl methyl sites for hydroxylation is 1. The number of alkyl halides is 3. The van der Waals surface area contributed by atoms with Gasteiger partial charge >= 0.3 is 6.36 Å². The third-order valence-corrected chi connectivity index (χ3v) is 5.66. The van der Waals surface area contributed by atoms with Gasteiger partial charge < -0.3 is 14.7 Å². The van der Waals surface area contributed by atoms with E-state index >= 15 is 0 Å². The molecule has 1 aliphatic rings. The second-order valence-electron chi connectivity index (χ2n) is 8.20. The highest BCUT2D eigenvalue weighted by Crippen LogP contribution is 2.50. The van der Waals surface area contributed by atoms with Crippen LogP contribution in [0.1, 0.15) is 18.1 Å². The molecule has 1 fully saturated rings. The molecule has 2 heterocycles. The molecule has 0 amide bonds. The number of aromatic nitrogens is 4. The molecular formula is C21H22F3N5O2. The van der Waals surface area contributed by atoms with Crippen LogP contribution in [0.5, 0.6) is 5.75 Å². The summed E-state index contributed by atoms with van der Waals surface area (Å²) in [5.74, 6) is 0.0727. The van der Waals surface area contributed by atoms with Crippen LogP contribution >= 0.6 is 0 Å². The van der Waals surface area contributed by atoms with E-state index in [0.29, 0.717) is 35.6 Å². The second-order valence-corrected chi connectivity index (χ2v) is 8.20. The molecule has 0 saturated carbocycles. The summed E-state index contributed by atoms with van der Waals surface area (Å²) in [6, 6.07) is 12.6. The van der Waals surface area contributed by atoms with Crippen LogP contribution in [-0.2, 0) is 12.6 Å². The third kappa shape index (κ3) is 3.88. The highest BCUT2D eigenvalue weighted by Gasteiger charge is 2.55. The minimum atomic E-state index is -4.78. The molecule has 7 nitrogen and oxygen atoms in total. The SMILES string of the molecule is CN1CC(C)(C(O)(c2ccc(OC(F)(F)F)cc2)c2cccc(-c3nnn(C)n3)c2)C1. The van der Waals surface area contributed by atoms with Crippen molar-refractivity contribution in [1.29, 1.82) is 0 Å². The fraction of sp³-hybridized carbons (Fsp3) is 0.381. The molecule has 3 aromatic rings. The van der Waals surface area contributed by atoms with Crippen LogP contribution in [-0.4, -0.2) is 56.7 Å². The van der Waals surface area contributed by atoms with Gasteiger partial charge in [-0.1, -0.05) is 37.3 Å². The van der Waals surface area contributed by atoms with Gasteiger partial charge in [0.2, 0.25) is 5.82 Å². The van der Waals surface area contributed by atoms with Gasteiger partial charge in [-0.15, -0.1) is 23.4 Å². The number of tetrazole rings is 1. The number of aliphatic hydroxyl groups is 1. The average molecular weight is 433 g/mol. The first kappa shape index (κ1) is 21.3. The molecule has 1 aliphatic heterocycles. The first-order valence-corrected chi connectivity index (χ1v) is 9.62. The maximum Gasteiger partial charge on any atom is 0.573 e. The number of benzene rings is 2. The number of hydrogen-bond acceptors (Lipinski definition) is 6. The van der Waals surface area contributed by atoms with E-state index in [4.69, 9.17) is 0 Å². The van der Waals surface area contributed by atoms with Crippen LogP contribution < -0.4 is 4.74 Å². The van der Waals surface area contributed by atoms with Gasteiger partial charge in [-0.05, 0) is 41.6 Å². The number of halogens is 3. The summed E-state index contributed by atoms with van der Waals surface area (Å²) in [5.41, 5.74) is -0.284. The van der Waals surface area contributed by atoms with Crippen LogP contribution in [0.15, 0.2) is 48.5 Å². The second kappa shape index (κ2) is 7.31. The molecule has 1 aromatic heterocycles. The molecule has 31 heavy (non-hydrogen) atoms. The molecular weight excluding hydrogens is 411 g/mol. The highest BCUT2D eigenvalue weighted by atomic mass is 19.4. The van der Waals surface area contributed by atoms with Crippen molar-refractivity contribution >= 4 is 0 Å². The van der Waals surface area contributed by atoms with Crippen molar-refractivity contribution in [3.63, 3.8) is 0 Å². The highest BCUT2D eigenvalue weighted by molar-refractivity contribution is 5.57. The van der Waals surface area contributed by atoms with Crippen LogP contribution in [0.4, 0.5) is 13.2 Å². The molecule has 0 spiro atoms. The topological polar surface area (TPSA) is 76.3 Å². The van der Waals surface area contributed by atoms with Crippen LogP contribution in [0.25, 0.3) is 11.4 Å². The lowest BCUT2D eigenvalue weighted by molar-refractivity contribution is -0.274. The first-order chi connectivity index (χ1) is 14.5. The van der Waals surface area contributed by atoms with Gasteiger partial charge in [0.1, 0.15) is 11.4 Å². The van der Waals surface area contributed by atoms with E-state index in [0.717, 1.165) is 0 Å². The Bertz CT molecular complexity index is 1080. The molecule has 164 valence electrons. The molecule has 4 rings (SSSR count). The van der Waals surface area contributed by atoms with Crippen molar-refractivity contribution in [2.24, 2.45) is 12.5 Å². The molecule has 0 bridgehead atoms. The van der Waals surface area contributed by atoms with Gasteiger partial charge in [-0.2, -0.15) is 4.80 Å². The van der Waals surface area contributed by atoms with E-state index in [9.17, 15) is 18.3 Å². The van der Waals surface area contributed by atoms with Gasteiger partial charge in [0.25, 0.3) is 0 Å². The molecule has 1 unspecified atom stereocenters. The maximum atomic E-state index is 12.5. The number of likely N-dealkylation sites (tertiary alicyclic amines) is 1. The quantitative estimate of drug-likeness (QED) is 0.667. The van der Waals surface area contributed by atoms with Crippen LogP contribution in [0, 0.1) is 5.41 Å². The van der Waals surface area contributed by atoms with Gasteiger partial charge in [0.15, 0.2) is 0 Å². The minimum absolute atomic E-state index is 0.341. The maximum absolute atomic E-state index is 12.5. The number of hydrogen-bond donors (Lipinski definition) is 1. The standard InChI is InChI=1S/C21H22F3N5O2/c1-19(12-28(2)13-19)20(30,15-7-9-17(10-8-15)31-21(22,23)24)16-6-4-5-14(11-16)18-25-27-29(3)26-18/h4-11,30H,12-13H2,1-3H3. The fourth-order valence-electron chi connectivity index (χ4n) is 4.42. The van der Waals surface area contributed by atoms with E-state index < -0.39 is 17.4 Å². The summed E-state index contributed by atoms with van der Waals surface area (Å²) in [7, 11) is 3.61. The lowest BCUT2D eigenvalue weighted by Crippen LogP contribution is -2.63. The zero-order chi connectivity index (χ0) is 22.4. The predicted octanol–water partition coefficient (Wildman–Crippen LogP) is 2.96. The van der Waals surface area contributed by atoms with E-state index in [-0.39, 0.29) is 5.75 Å². The first-order valence-electron chi connectivity index (χ1n) is 9.62. The Kier molecular flexibility index (Phi) is 5.01. The lowest BCUT2D eigenvalue weighted by atomic mass is 9.62. The Balaban J connectivity index is 1.78. The van der Waals surface area contributed by atoms with E-state index in [1.165, 1.54) is 29.1 Å². The summed E-state index contributed by atoms with van der Waals surface area (Å²) in [5, 5.41) is 24.2. The molecule has 0 radical (unpaired) electrons. The molecule has 1 atom stereocenters. The van der Waals surface area contributed by atoms with Crippen molar-refractivity contribution in [3.8, 4) is 17.1 Å². The minimum Gasteiger partial charge on any atom is -0.406 e. The number of nitrogens with zero attached hydrogens (tertiary/aromatic N) is 5. The smallest absolute Gasteiger partial charge is 0.406 e. The van der Waals surface area contributed by atoms with Crippen LogP contribution in [0.2, 0.25) is 0 Å². The number of rotatable bonds is 5. The van der Waals surface area contributed by atoms with Gasteiger partial charge in [0.05, 0.1) is 7.05 Å². The molecule has 0 aliphatic carbocycles. The summed E-state index contributed by atoms with van der Waals surface area (Å²) in [6.07, 6.45) is -4.78. The summed E-state index contributed by atoms with van der Waals surface area (Å²) < 4.78 is 41.6. The predicted molar refractivity (Wildman–Crippen MR) is 106 cm³/mol. The Labute approximate surface area is 177 Å². The molecule has 1 N–H and O–H groups in total. The van der Waals surface area contributed by atoms with Crippen molar-refractivity contribution in [2.45, 2.75) is 18.9 Å². The fourth-order valence-corrected chi connectivity index (χ4v) is 4.42. The summed E-state index contributed by atoms with van der Waals surface area (Å²) >= 11 is 0. The third-order valence-electron chi connectivity index (χ3n) is 5.66. The largest absolute Gasteiger partial charge is 0.573 e. The lowest BCUT2D eigenvalue weighted by Gasteiger charge is -2.56. The van der Waals surface area contributed by atoms with E-state index in [1.807, 2.05) is 20.0 Å². The van der Waals surface area contributed by atoms with Gasteiger partial charge in [-0.3, -0.25) is 0 Å². The Morgan fingerprint density at radius 1 is 1.03 bits per heavy atom. The summed E-state index contributed by atoms with van der Waals surface area (Å²) in [6.45, 7) is 3.18. The zero-order valence-corrected chi connectivity index (χ0v) is 17.3. The molecule has 10 heteroatoms. The van der Waals surface area contributed by atoms with Gasteiger partial charge in [0, 0.05) is 24.1 Å². The van der Waals surface area contributed by atoms with E-state index in [2.05, 4.69) is 25.0 Å². The monoisotopic (exact) mass is 433 g/mol. The van der Waals surface area contributed by atoms with Crippen molar-refractivity contribution in [2.75, 3.05) is 20.1 Å². The van der Waals surface area contributed by atoms with Crippen molar-refractivity contribution in [3.05, 3.63) is 59.7 Å². The Morgan fingerprint density at radius 3 is 2.26 bits per heavy atom.